The van der Waals surface area contributed by atoms with Gasteiger partial charge in [-0.3, -0.25) is 9.80 Å². The van der Waals surface area contributed by atoms with Gasteiger partial charge in [0.1, 0.15) is 5.60 Å². The van der Waals surface area contributed by atoms with Gasteiger partial charge in [-0.15, -0.1) is 0 Å². The molecule has 4 aliphatic rings. The molecule has 0 saturated carbocycles. The van der Waals surface area contributed by atoms with Gasteiger partial charge in [0.05, 0.1) is 18.2 Å². The molecule has 4 rings (SSSR count). The van der Waals surface area contributed by atoms with Crippen LogP contribution in [0.3, 0.4) is 0 Å². The van der Waals surface area contributed by atoms with Crippen LogP contribution in [0.5, 0.6) is 0 Å². The van der Waals surface area contributed by atoms with Gasteiger partial charge in [0, 0.05) is 32.2 Å². The first-order valence-corrected chi connectivity index (χ1v) is 9.93. The van der Waals surface area contributed by atoms with E-state index < -0.39 is 5.60 Å². The molecule has 2 unspecified atom stereocenters. The van der Waals surface area contributed by atoms with E-state index in [1.807, 2.05) is 25.7 Å². The summed E-state index contributed by atoms with van der Waals surface area (Å²) in [5.41, 5.74) is -0.312. The molecule has 2 bridgehead atoms. The Morgan fingerprint density at radius 2 is 1.92 bits per heavy atom. The highest BCUT2D eigenvalue weighted by atomic mass is 16.6. The van der Waals surface area contributed by atoms with Crippen LogP contribution in [0.15, 0.2) is 0 Å². The second-order valence-electron chi connectivity index (χ2n) is 9.38. The number of carbonyl (C=O) groups excluding carboxylic acids is 1. The first kappa shape index (κ1) is 17.6. The van der Waals surface area contributed by atoms with E-state index in [9.17, 15) is 4.79 Å². The zero-order valence-electron chi connectivity index (χ0n) is 16.0. The highest BCUT2D eigenvalue weighted by molar-refractivity contribution is 5.70. The van der Waals surface area contributed by atoms with E-state index in [0.717, 1.165) is 32.8 Å². The SMILES string of the molecule is CC(C)(C)OC(=O)N1CC(CN2CC3CC2CO3)(N2CCCCC2)C1. The number of piperidine rings is 1. The second kappa shape index (κ2) is 6.39. The van der Waals surface area contributed by atoms with E-state index in [2.05, 4.69) is 9.80 Å². The summed E-state index contributed by atoms with van der Waals surface area (Å²) in [5.74, 6) is 0. The number of amides is 1. The average molecular weight is 351 g/mol. The van der Waals surface area contributed by atoms with Gasteiger partial charge < -0.3 is 14.4 Å². The third kappa shape index (κ3) is 3.53. The van der Waals surface area contributed by atoms with Crippen LogP contribution in [0.2, 0.25) is 0 Å². The molecule has 0 aliphatic carbocycles. The van der Waals surface area contributed by atoms with Crippen molar-refractivity contribution in [3.63, 3.8) is 0 Å². The molecule has 0 aromatic heterocycles. The molecule has 25 heavy (non-hydrogen) atoms. The second-order valence-corrected chi connectivity index (χ2v) is 9.38. The van der Waals surface area contributed by atoms with Crippen molar-refractivity contribution in [1.29, 1.82) is 0 Å². The van der Waals surface area contributed by atoms with E-state index in [1.54, 1.807) is 0 Å². The lowest BCUT2D eigenvalue weighted by atomic mass is 9.85. The van der Waals surface area contributed by atoms with Crippen LogP contribution >= 0.6 is 0 Å². The summed E-state index contributed by atoms with van der Waals surface area (Å²) in [6.45, 7) is 12.8. The Kier molecular flexibility index (Phi) is 4.49. The van der Waals surface area contributed by atoms with Crippen molar-refractivity contribution in [2.45, 2.75) is 69.7 Å². The Hall–Kier alpha value is -0.850. The van der Waals surface area contributed by atoms with Gasteiger partial charge in [-0.2, -0.15) is 0 Å². The molecule has 4 aliphatic heterocycles. The van der Waals surface area contributed by atoms with Crippen molar-refractivity contribution in [2.75, 3.05) is 45.9 Å². The molecule has 2 atom stereocenters. The zero-order valence-corrected chi connectivity index (χ0v) is 16.0. The minimum atomic E-state index is -0.425. The van der Waals surface area contributed by atoms with Crippen LogP contribution < -0.4 is 0 Å². The first-order valence-electron chi connectivity index (χ1n) is 9.93. The zero-order chi connectivity index (χ0) is 17.7. The van der Waals surface area contributed by atoms with Gasteiger partial charge in [-0.05, 0) is 53.1 Å². The number of likely N-dealkylation sites (tertiary alicyclic amines) is 3. The number of carbonyl (C=O) groups is 1. The average Bonchev–Trinajstić information content (AvgIpc) is 3.12. The lowest BCUT2D eigenvalue weighted by Gasteiger charge is -2.58. The lowest BCUT2D eigenvalue weighted by Crippen LogP contribution is -2.76. The van der Waals surface area contributed by atoms with Gasteiger partial charge in [-0.25, -0.2) is 4.79 Å². The quantitative estimate of drug-likeness (QED) is 0.777. The topological polar surface area (TPSA) is 45.3 Å². The number of fused-ring (bicyclic) bond motifs is 2. The van der Waals surface area contributed by atoms with E-state index >= 15 is 0 Å². The Balaban J connectivity index is 1.42. The van der Waals surface area contributed by atoms with E-state index in [-0.39, 0.29) is 11.6 Å². The first-order chi connectivity index (χ1) is 11.8. The summed E-state index contributed by atoms with van der Waals surface area (Å²) < 4.78 is 11.3. The summed E-state index contributed by atoms with van der Waals surface area (Å²) >= 11 is 0. The predicted octanol–water partition coefficient (Wildman–Crippen LogP) is 1.93. The van der Waals surface area contributed by atoms with E-state index in [4.69, 9.17) is 9.47 Å². The fraction of sp³-hybridized carbons (Fsp3) is 0.947. The predicted molar refractivity (Wildman–Crippen MR) is 95.7 cm³/mol. The Labute approximate surface area is 151 Å². The van der Waals surface area contributed by atoms with Crippen LogP contribution in [-0.2, 0) is 9.47 Å². The smallest absolute Gasteiger partial charge is 0.410 e. The molecule has 0 N–H and O–H groups in total. The molecule has 4 heterocycles. The van der Waals surface area contributed by atoms with Gasteiger partial charge >= 0.3 is 6.09 Å². The highest BCUT2D eigenvalue weighted by Gasteiger charge is 2.53. The van der Waals surface area contributed by atoms with E-state index in [0.29, 0.717) is 12.1 Å². The third-order valence-corrected chi connectivity index (χ3v) is 6.16. The molecule has 0 radical (unpaired) electrons. The number of hydrogen-bond donors (Lipinski definition) is 0. The maximum absolute atomic E-state index is 12.4. The van der Waals surface area contributed by atoms with Crippen LogP contribution in [0.4, 0.5) is 4.79 Å². The summed E-state index contributed by atoms with van der Waals surface area (Å²) in [6.07, 6.45) is 5.36. The molecule has 142 valence electrons. The maximum atomic E-state index is 12.4. The summed E-state index contributed by atoms with van der Waals surface area (Å²) in [7, 11) is 0. The van der Waals surface area contributed by atoms with Crippen molar-refractivity contribution in [1.82, 2.24) is 14.7 Å². The van der Waals surface area contributed by atoms with Gasteiger partial charge in [0.15, 0.2) is 0 Å². The Morgan fingerprint density at radius 1 is 1.20 bits per heavy atom. The molecule has 1 amide bonds. The molecule has 4 fully saturated rings. The van der Waals surface area contributed by atoms with E-state index in [1.165, 1.54) is 38.8 Å². The molecule has 4 saturated heterocycles. The number of nitrogens with zero attached hydrogens (tertiary/aromatic N) is 3. The molecule has 0 aromatic carbocycles. The number of morpholine rings is 1. The van der Waals surface area contributed by atoms with Crippen LogP contribution in [0, 0.1) is 0 Å². The molecular formula is C19H33N3O3. The van der Waals surface area contributed by atoms with Gasteiger partial charge in [0.2, 0.25) is 0 Å². The highest BCUT2D eigenvalue weighted by Crippen LogP contribution is 2.36. The van der Waals surface area contributed by atoms with Crippen molar-refractivity contribution in [3.8, 4) is 0 Å². The van der Waals surface area contributed by atoms with Crippen LogP contribution in [-0.4, -0.2) is 90.0 Å². The van der Waals surface area contributed by atoms with Crippen molar-refractivity contribution >= 4 is 6.09 Å². The largest absolute Gasteiger partial charge is 0.444 e. The summed E-state index contributed by atoms with van der Waals surface area (Å²) in [4.78, 5) is 19.6. The number of ether oxygens (including phenoxy) is 2. The summed E-state index contributed by atoms with van der Waals surface area (Å²) in [6, 6.07) is 0.585. The maximum Gasteiger partial charge on any atom is 0.410 e. The Bertz CT molecular complexity index is 507. The van der Waals surface area contributed by atoms with Crippen molar-refractivity contribution < 1.29 is 14.3 Å². The van der Waals surface area contributed by atoms with Gasteiger partial charge in [-0.1, -0.05) is 6.42 Å². The third-order valence-electron chi connectivity index (χ3n) is 6.16. The van der Waals surface area contributed by atoms with Crippen LogP contribution in [0.1, 0.15) is 46.5 Å². The normalized spacial score (nSPS) is 32.7. The monoisotopic (exact) mass is 351 g/mol. The molecule has 6 nitrogen and oxygen atoms in total. The van der Waals surface area contributed by atoms with Crippen LogP contribution in [0.25, 0.3) is 0 Å². The molecule has 0 aromatic rings. The summed E-state index contributed by atoms with van der Waals surface area (Å²) in [5, 5.41) is 0. The Morgan fingerprint density at radius 3 is 2.48 bits per heavy atom. The molecular weight excluding hydrogens is 318 g/mol. The number of rotatable bonds is 3. The van der Waals surface area contributed by atoms with Crippen molar-refractivity contribution in [3.05, 3.63) is 0 Å². The standard InChI is InChI=1S/C19H33N3O3/c1-18(2,3)25-17(23)21-13-19(14-21,22-7-5-4-6-8-22)12-20-10-16-9-15(20)11-24-16/h15-16H,4-14H2,1-3H3. The molecule has 0 spiro atoms. The fourth-order valence-electron chi connectivity index (χ4n) is 4.94. The minimum absolute atomic E-state index is 0.113. The van der Waals surface area contributed by atoms with Crippen molar-refractivity contribution in [2.24, 2.45) is 0 Å². The fourth-order valence-corrected chi connectivity index (χ4v) is 4.94. The van der Waals surface area contributed by atoms with Gasteiger partial charge in [0.25, 0.3) is 0 Å². The lowest BCUT2D eigenvalue weighted by molar-refractivity contribution is -0.0933. The minimum Gasteiger partial charge on any atom is -0.444 e. The molecule has 6 heteroatoms. The number of hydrogen-bond acceptors (Lipinski definition) is 5.